The Balaban J connectivity index is 1.89. The van der Waals surface area contributed by atoms with E-state index in [1.165, 1.54) is 5.56 Å². The molecule has 1 N–H and O–H groups in total. The summed E-state index contributed by atoms with van der Waals surface area (Å²) in [7, 11) is 0. The van der Waals surface area contributed by atoms with Crippen molar-refractivity contribution in [3.63, 3.8) is 0 Å². The molecule has 3 nitrogen and oxygen atoms in total. The van der Waals surface area contributed by atoms with Crippen LogP contribution < -0.4 is 10.1 Å². The number of fused-ring (bicyclic) bond motifs is 1. The first kappa shape index (κ1) is 12.1. The van der Waals surface area contributed by atoms with E-state index in [1.54, 1.807) is 0 Å². The van der Waals surface area contributed by atoms with Gasteiger partial charge in [0.05, 0.1) is 18.2 Å². The molecule has 0 radical (unpaired) electrons. The van der Waals surface area contributed by atoms with Gasteiger partial charge in [-0.3, -0.25) is 4.79 Å². The molecule has 2 aliphatic rings. The average Bonchev–Trinajstić information content (AvgIpc) is 2.47. The highest BCUT2D eigenvalue weighted by atomic mass is 32.2. The molecule has 0 spiro atoms. The Bertz CT molecular complexity index is 455. The lowest BCUT2D eigenvalue weighted by molar-refractivity contribution is 0.0948. The molecule has 2 aliphatic heterocycles. The van der Waals surface area contributed by atoms with Gasteiger partial charge < -0.3 is 10.1 Å². The van der Waals surface area contributed by atoms with Crippen LogP contribution in [0.2, 0.25) is 0 Å². The second kappa shape index (κ2) is 5.33. The van der Waals surface area contributed by atoms with Crippen molar-refractivity contribution in [1.82, 2.24) is 5.32 Å². The van der Waals surface area contributed by atoms with Gasteiger partial charge in [0.1, 0.15) is 5.75 Å². The second-order valence-corrected chi connectivity index (χ2v) is 5.84. The first-order valence-corrected chi connectivity index (χ1v) is 7.62. The maximum Gasteiger partial charge on any atom is 0.184 e. The van der Waals surface area contributed by atoms with Crippen molar-refractivity contribution in [3.8, 4) is 5.75 Å². The molecule has 0 aliphatic carbocycles. The summed E-state index contributed by atoms with van der Waals surface area (Å²) < 4.78 is 5.71. The van der Waals surface area contributed by atoms with E-state index < -0.39 is 0 Å². The van der Waals surface area contributed by atoms with Gasteiger partial charge in [0.15, 0.2) is 5.78 Å². The van der Waals surface area contributed by atoms with E-state index in [1.807, 2.05) is 23.9 Å². The quantitative estimate of drug-likeness (QED) is 0.827. The number of benzene rings is 1. The Morgan fingerprint density at radius 2 is 2.39 bits per heavy atom. The second-order valence-electron chi connectivity index (χ2n) is 4.69. The summed E-state index contributed by atoms with van der Waals surface area (Å²) in [5.41, 5.74) is 1.93. The monoisotopic (exact) mass is 263 g/mol. The van der Waals surface area contributed by atoms with Gasteiger partial charge in [0, 0.05) is 18.1 Å². The third kappa shape index (κ3) is 2.27. The summed E-state index contributed by atoms with van der Waals surface area (Å²) in [5, 5.41) is 3.30. The predicted molar refractivity (Wildman–Crippen MR) is 73.7 cm³/mol. The standard InChI is InChI=1S/C14H17NO2S/c16-13(12-9-18-8-6-15-12)11-5-1-3-10-4-2-7-17-14(10)11/h1,3,5,12,15H,2,4,6-9H2. The van der Waals surface area contributed by atoms with Crippen molar-refractivity contribution in [2.45, 2.75) is 18.9 Å². The first-order valence-electron chi connectivity index (χ1n) is 6.46. The van der Waals surface area contributed by atoms with Crippen LogP contribution in [0.15, 0.2) is 18.2 Å². The van der Waals surface area contributed by atoms with Crippen LogP contribution in [-0.2, 0) is 6.42 Å². The zero-order valence-corrected chi connectivity index (χ0v) is 11.1. The molecule has 2 heterocycles. The number of nitrogens with one attached hydrogen (secondary N) is 1. The number of ether oxygens (including phenoxy) is 1. The molecule has 0 saturated carbocycles. The lowest BCUT2D eigenvalue weighted by Gasteiger charge is -2.25. The number of hydrogen-bond acceptors (Lipinski definition) is 4. The summed E-state index contributed by atoms with van der Waals surface area (Å²) in [4.78, 5) is 12.5. The minimum atomic E-state index is -0.0548. The molecule has 18 heavy (non-hydrogen) atoms. The summed E-state index contributed by atoms with van der Waals surface area (Å²) >= 11 is 1.84. The minimum absolute atomic E-state index is 0.0548. The molecule has 1 atom stereocenters. The fourth-order valence-electron chi connectivity index (χ4n) is 2.50. The van der Waals surface area contributed by atoms with Crippen molar-refractivity contribution in [2.75, 3.05) is 24.7 Å². The fraction of sp³-hybridized carbons (Fsp3) is 0.500. The highest BCUT2D eigenvalue weighted by Crippen LogP contribution is 2.30. The molecule has 0 aromatic heterocycles. The molecule has 1 aromatic carbocycles. The predicted octanol–water partition coefficient (Wildman–Crippen LogP) is 1.90. The molecule has 1 unspecified atom stereocenters. The Morgan fingerprint density at radius 1 is 1.44 bits per heavy atom. The van der Waals surface area contributed by atoms with Crippen LogP contribution in [0.3, 0.4) is 0 Å². The molecular weight excluding hydrogens is 246 g/mol. The topological polar surface area (TPSA) is 38.3 Å². The number of para-hydroxylation sites is 1. The number of carbonyl (C=O) groups excluding carboxylic acids is 1. The molecule has 1 aromatic rings. The van der Waals surface area contributed by atoms with Crippen LogP contribution in [0.5, 0.6) is 5.75 Å². The number of ketones is 1. The van der Waals surface area contributed by atoms with Gasteiger partial charge in [-0.15, -0.1) is 0 Å². The van der Waals surface area contributed by atoms with Crippen LogP contribution in [0.25, 0.3) is 0 Å². The third-order valence-corrected chi connectivity index (χ3v) is 4.50. The van der Waals surface area contributed by atoms with E-state index in [2.05, 4.69) is 11.4 Å². The zero-order chi connectivity index (χ0) is 12.4. The first-order chi connectivity index (χ1) is 8.86. The molecule has 0 amide bonds. The van der Waals surface area contributed by atoms with Crippen LogP contribution in [0.4, 0.5) is 0 Å². The number of thioether (sulfide) groups is 1. The van der Waals surface area contributed by atoms with Gasteiger partial charge in [-0.2, -0.15) is 11.8 Å². The van der Waals surface area contributed by atoms with Crippen molar-refractivity contribution < 1.29 is 9.53 Å². The van der Waals surface area contributed by atoms with E-state index in [-0.39, 0.29) is 11.8 Å². The van der Waals surface area contributed by atoms with E-state index in [0.29, 0.717) is 0 Å². The normalized spacial score (nSPS) is 23.0. The lowest BCUT2D eigenvalue weighted by Crippen LogP contribution is -2.43. The molecule has 1 saturated heterocycles. The Hall–Kier alpha value is -1.00. The van der Waals surface area contributed by atoms with Crippen molar-refractivity contribution in [2.24, 2.45) is 0 Å². The molecule has 3 rings (SSSR count). The van der Waals surface area contributed by atoms with Gasteiger partial charge in [-0.1, -0.05) is 12.1 Å². The van der Waals surface area contributed by atoms with Crippen molar-refractivity contribution in [3.05, 3.63) is 29.3 Å². The average molecular weight is 263 g/mol. The SMILES string of the molecule is O=C(c1cccc2c1OCCC2)C1CSCCN1. The van der Waals surface area contributed by atoms with E-state index in [4.69, 9.17) is 4.74 Å². The van der Waals surface area contributed by atoms with E-state index in [0.717, 1.165) is 48.8 Å². The molecular formula is C14H17NO2S. The Kier molecular flexibility index (Phi) is 3.57. The molecule has 96 valence electrons. The van der Waals surface area contributed by atoms with E-state index >= 15 is 0 Å². The van der Waals surface area contributed by atoms with Crippen molar-refractivity contribution in [1.29, 1.82) is 0 Å². The van der Waals surface area contributed by atoms with Gasteiger partial charge in [-0.25, -0.2) is 0 Å². The highest BCUT2D eigenvalue weighted by Gasteiger charge is 2.26. The highest BCUT2D eigenvalue weighted by molar-refractivity contribution is 7.99. The zero-order valence-electron chi connectivity index (χ0n) is 10.3. The number of Topliss-reactive ketones (excluding diaryl/α,β-unsaturated/α-hetero) is 1. The van der Waals surface area contributed by atoms with Crippen LogP contribution in [0.1, 0.15) is 22.3 Å². The number of rotatable bonds is 2. The largest absolute Gasteiger partial charge is 0.493 e. The smallest absolute Gasteiger partial charge is 0.184 e. The number of carbonyl (C=O) groups is 1. The van der Waals surface area contributed by atoms with Crippen LogP contribution in [-0.4, -0.2) is 36.5 Å². The molecule has 4 heteroatoms. The van der Waals surface area contributed by atoms with Gasteiger partial charge in [0.25, 0.3) is 0 Å². The minimum Gasteiger partial charge on any atom is -0.493 e. The summed E-state index contributed by atoms with van der Waals surface area (Å²) in [6.45, 7) is 1.64. The van der Waals surface area contributed by atoms with Crippen LogP contribution >= 0.6 is 11.8 Å². The van der Waals surface area contributed by atoms with Gasteiger partial charge >= 0.3 is 0 Å². The summed E-state index contributed by atoms with van der Waals surface area (Å²) in [5.74, 6) is 2.96. The summed E-state index contributed by atoms with van der Waals surface area (Å²) in [6, 6.07) is 5.87. The third-order valence-electron chi connectivity index (χ3n) is 3.44. The molecule has 0 bridgehead atoms. The van der Waals surface area contributed by atoms with Crippen molar-refractivity contribution >= 4 is 17.5 Å². The lowest BCUT2D eigenvalue weighted by atomic mass is 9.97. The fourth-order valence-corrected chi connectivity index (χ4v) is 3.44. The maximum absolute atomic E-state index is 12.5. The Morgan fingerprint density at radius 3 is 3.22 bits per heavy atom. The van der Waals surface area contributed by atoms with E-state index in [9.17, 15) is 4.79 Å². The molecule has 1 fully saturated rings. The van der Waals surface area contributed by atoms with Gasteiger partial charge in [0.2, 0.25) is 0 Å². The summed E-state index contributed by atoms with van der Waals surface area (Å²) in [6.07, 6.45) is 2.06. The Labute approximate surface area is 111 Å². The number of hydrogen-bond donors (Lipinski definition) is 1. The van der Waals surface area contributed by atoms with Crippen LogP contribution in [0, 0.1) is 0 Å². The maximum atomic E-state index is 12.5. The van der Waals surface area contributed by atoms with Gasteiger partial charge in [-0.05, 0) is 24.5 Å². The number of aryl methyl sites for hydroxylation is 1.